The van der Waals surface area contributed by atoms with Gasteiger partial charge in [-0.3, -0.25) is 0 Å². The lowest BCUT2D eigenvalue weighted by Crippen LogP contribution is -1.99. The van der Waals surface area contributed by atoms with Crippen LogP contribution in [0.5, 0.6) is 0 Å². The number of thiophene rings is 1. The van der Waals surface area contributed by atoms with Crippen molar-refractivity contribution in [1.29, 1.82) is 0 Å². The van der Waals surface area contributed by atoms with E-state index >= 15 is 0 Å². The molecule has 0 saturated heterocycles. The molecule has 128 valence electrons. The normalized spacial score (nSPS) is 12.9. The number of carboxylic acids is 1. The lowest BCUT2D eigenvalue weighted by atomic mass is 10.1. The Morgan fingerprint density at radius 1 is 1.15 bits per heavy atom. The Bertz CT molecular complexity index is 1180. The highest BCUT2D eigenvalue weighted by atomic mass is 32.1. The Hall–Kier alpha value is -3.12. The van der Waals surface area contributed by atoms with Crippen LogP contribution >= 0.6 is 11.3 Å². The number of nitrogens with zero attached hydrogens (tertiary/aromatic N) is 1. The van der Waals surface area contributed by atoms with Crippen LogP contribution in [0.1, 0.15) is 15.9 Å². The number of nitrogens with one attached hydrogen (secondary N) is 2. The Morgan fingerprint density at radius 2 is 2.08 bits per heavy atom. The largest absolute Gasteiger partial charge is 0.478 e. The molecule has 5 nitrogen and oxygen atoms in total. The topological polar surface area (TPSA) is 74.2 Å². The van der Waals surface area contributed by atoms with E-state index in [1.807, 2.05) is 17.5 Å². The number of benzene rings is 2. The number of aromatic carboxylic acids is 1. The average molecular weight is 361 g/mol. The van der Waals surface area contributed by atoms with Crippen LogP contribution in [0.2, 0.25) is 0 Å². The van der Waals surface area contributed by atoms with Crippen molar-refractivity contribution in [3.8, 4) is 0 Å². The maximum absolute atomic E-state index is 11.3. The van der Waals surface area contributed by atoms with Crippen molar-refractivity contribution in [2.75, 3.05) is 17.2 Å². The first kappa shape index (κ1) is 15.2. The number of aromatic nitrogens is 1. The Kier molecular flexibility index (Phi) is 3.33. The molecule has 4 aromatic rings. The summed E-state index contributed by atoms with van der Waals surface area (Å²) >= 11 is 1.64. The van der Waals surface area contributed by atoms with Crippen LogP contribution in [0.15, 0.2) is 47.8 Å². The first-order valence-electron chi connectivity index (χ1n) is 8.37. The quantitative estimate of drug-likeness (QED) is 0.486. The molecular formula is C20H15N3O2S. The molecule has 26 heavy (non-hydrogen) atoms. The van der Waals surface area contributed by atoms with Gasteiger partial charge in [-0.25, -0.2) is 9.78 Å². The van der Waals surface area contributed by atoms with Gasteiger partial charge < -0.3 is 15.7 Å². The minimum atomic E-state index is -0.945. The summed E-state index contributed by atoms with van der Waals surface area (Å²) in [4.78, 5) is 16.0. The summed E-state index contributed by atoms with van der Waals surface area (Å²) in [5.74, 6) is -0.201. The summed E-state index contributed by atoms with van der Waals surface area (Å²) < 4.78 is 1.11. The second-order valence-electron chi connectivity index (χ2n) is 6.33. The van der Waals surface area contributed by atoms with Gasteiger partial charge in [0.05, 0.1) is 11.1 Å². The summed E-state index contributed by atoms with van der Waals surface area (Å²) in [5, 5.41) is 20.1. The number of fused-ring (bicyclic) bond motifs is 4. The number of carbonyl (C=O) groups is 1. The van der Waals surface area contributed by atoms with Gasteiger partial charge in [0, 0.05) is 33.4 Å². The summed E-state index contributed by atoms with van der Waals surface area (Å²) in [6.07, 6.45) is 1.05. The van der Waals surface area contributed by atoms with Crippen LogP contribution in [-0.2, 0) is 6.42 Å². The predicted octanol–water partition coefficient (Wildman–Crippen LogP) is 4.86. The first-order chi connectivity index (χ1) is 12.7. The number of hydrogen-bond acceptors (Lipinski definition) is 5. The van der Waals surface area contributed by atoms with Crippen molar-refractivity contribution in [3.05, 3.63) is 59.0 Å². The van der Waals surface area contributed by atoms with Gasteiger partial charge in [-0.2, -0.15) is 0 Å². The van der Waals surface area contributed by atoms with Gasteiger partial charge in [0.15, 0.2) is 0 Å². The van der Waals surface area contributed by atoms with E-state index in [1.54, 1.807) is 23.5 Å². The molecule has 0 unspecified atom stereocenters. The van der Waals surface area contributed by atoms with Gasteiger partial charge in [-0.15, -0.1) is 11.3 Å². The van der Waals surface area contributed by atoms with E-state index < -0.39 is 5.97 Å². The van der Waals surface area contributed by atoms with E-state index in [2.05, 4.69) is 28.8 Å². The van der Waals surface area contributed by atoms with E-state index in [9.17, 15) is 9.90 Å². The molecule has 1 aliphatic heterocycles. The fourth-order valence-electron chi connectivity index (χ4n) is 3.43. The lowest BCUT2D eigenvalue weighted by Gasteiger charge is -2.11. The van der Waals surface area contributed by atoms with Crippen molar-refractivity contribution < 1.29 is 9.90 Å². The summed E-state index contributed by atoms with van der Waals surface area (Å²) in [6.45, 7) is 0.972. The number of hydrogen-bond donors (Lipinski definition) is 3. The zero-order valence-corrected chi connectivity index (χ0v) is 14.6. The molecule has 3 heterocycles. The highest BCUT2D eigenvalue weighted by Crippen LogP contribution is 2.36. The lowest BCUT2D eigenvalue weighted by molar-refractivity contribution is 0.0697. The Morgan fingerprint density at radius 3 is 2.96 bits per heavy atom. The number of anilines is 3. The maximum atomic E-state index is 11.3. The third-order valence-electron chi connectivity index (χ3n) is 4.72. The molecule has 0 spiro atoms. The van der Waals surface area contributed by atoms with Crippen molar-refractivity contribution in [2.24, 2.45) is 0 Å². The minimum Gasteiger partial charge on any atom is -0.478 e. The second kappa shape index (κ2) is 5.71. The third kappa shape index (κ3) is 2.38. The van der Waals surface area contributed by atoms with Gasteiger partial charge in [0.2, 0.25) is 0 Å². The highest BCUT2D eigenvalue weighted by Gasteiger charge is 2.14. The van der Waals surface area contributed by atoms with E-state index in [1.165, 1.54) is 5.56 Å². The van der Waals surface area contributed by atoms with Gasteiger partial charge in [0.1, 0.15) is 5.82 Å². The SMILES string of the molecule is O=C(O)c1ccc2c(c1)nc(Nc1ccc3c(c1)NCC3)c1ccsc12. The number of pyridine rings is 1. The van der Waals surface area contributed by atoms with Crippen LogP contribution in [0.4, 0.5) is 17.2 Å². The van der Waals surface area contributed by atoms with Crippen LogP contribution in [0.25, 0.3) is 21.0 Å². The van der Waals surface area contributed by atoms with E-state index in [0.29, 0.717) is 5.52 Å². The van der Waals surface area contributed by atoms with E-state index in [0.717, 1.165) is 45.6 Å². The molecule has 1 aliphatic rings. The summed E-state index contributed by atoms with van der Waals surface area (Å²) in [7, 11) is 0. The monoisotopic (exact) mass is 361 g/mol. The zero-order chi connectivity index (χ0) is 17.7. The number of carboxylic acid groups (broad SMARTS) is 1. The zero-order valence-electron chi connectivity index (χ0n) is 13.7. The molecule has 0 bridgehead atoms. The molecule has 6 heteroatoms. The highest BCUT2D eigenvalue weighted by molar-refractivity contribution is 7.18. The second-order valence-corrected chi connectivity index (χ2v) is 7.25. The molecule has 5 rings (SSSR count). The van der Waals surface area contributed by atoms with Gasteiger partial charge in [-0.1, -0.05) is 12.1 Å². The molecule has 2 aromatic carbocycles. The fourth-order valence-corrected chi connectivity index (χ4v) is 4.37. The maximum Gasteiger partial charge on any atom is 0.335 e. The molecule has 2 aromatic heterocycles. The third-order valence-corrected chi connectivity index (χ3v) is 5.67. The Labute approximate surface area is 153 Å². The molecule has 0 amide bonds. The van der Waals surface area contributed by atoms with Crippen molar-refractivity contribution >= 4 is 55.5 Å². The van der Waals surface area contributed by atoms with E-state index in [4.69, 9.17) is 4.98 Å². The van der Waals surface area contributed by atoms with Gasteiger partial charge in [0.25, 0.3) is 0 Å². The van der Waals surface area contributed by atoms with E-state index in [-0.39, 0.29) is 5.56 Å². The molecule has 0 fully saturated rings. The molecule has 0 aliphatic carbocycles. The van der Waals surface area contributed by atoms with Gasteiger partial charge >= 0.3 is 5.97 Å². The summed E-state index contributed by atoms with van der Waals surface area (Å²) in [5.41, 5.74) is 4.38. The molecule has 0 atom stereocenters. The molecule has 0 saturated carbocycles. The first-order valence-corrected chi connectivity index (χ1v) is 9.25. The van der Waals surface area contributed by atoms with Crippen LogP contribution in [0, 0.1) is 0 Å². The van der Waals surface area contributed by atoms with Crippen LogP contribution in [-0.4, -0.2) is 22.6 Å². The molecule has 0 radical (unpaired) electrons. The van der Waals surface area contributed by atoms with Crippen molar-refractivity contribution in [1.82, 2.24) is 4.98 Å². The van der Waals surface area contributed by atoms with Gasteiger partial charge in [-0.05, 0) is 47.7 Å². The molecule has 3 N–H and O–H groups in total. The smallest absolute Gasteiger partial charge is 0.335 e. The predicted molar refractivity (Wildman–Crippen MR) is 106 cm³/mol. The standard InChI is InChI=1S/C20H15N3O2S/c24-20(25)12-2-4-14-17(9-12)23-19(15-6-8-26-18(14)15)22-13-3-1-11-5-7-21-16(11)10-13/h1-4,6,8-10,21H,5,7H2,(H,22,23)(H,24,25). The average Bonchev–Trinajstić information content (AvgIpc) is 3.30. The Balaban J connectivity index is 1.65. The van der Waals surface area contributed by atoms with Crippen molar-refractivity contribution in [2.45, 2.75) is 6.42 Å². The minimum absolute atomic E-state index is 0.244. The van der Waals surface area contributed by atoms with Crippen LogP contribution in [0.3, 0.4) is 0 Å². The fraction of sp³-hybridized carbons (Fsp3) is 0.100. The number of rotatable bonds is 3. The molecular weight excluding hydrogens is 346 g/mol. The summed E-state index contributed by atoms with van der Waals surface area (Å²) in [6, 6.07) is 13.4. The van der Waals surface area contributed by atoms with Crippen molar-refractivity contribution in [3.63, 3.8) is 0 Å². The van der Waals surface area contributed by atoms with Crippen LogP contribution < -0.4 is 10.6 Å².